The van der Waals surface area contributed by atoms with E-state index in [0.29, 0.717) is 27.7 Å². The zero-order chi connectivity index (χ0) is 21.5. The average molecular weight is 428 g/mol. The Balaban J connectivity index is 1.53. The van der Waals surface area contributed by atoms with Gasteiger partial charge in [0.25, 0.3) is 0 Å². The number of benzene rings is 1. The molecule has 1 fully saturated rings. The second-order valence-electron chi connectivity index (χ2n) is 8.70. The Morgan fingerprint density at radius 3 is 2.63 bits per heavy atom. The van der Waals surface area contributed by atoms with E-state index in [1.54, 1.807) is 12.3 Å². The molecular weight excluding hydrogens is 401 g/mol. The van der Waals surface area contributed by atoms with E-state index in [1.165, 1.54) is 23.5 Å². The lowest BCUT2D eigenvalue weighted by atomic mass is 10.1. The number of rotatable bonds is 4. The second-order valence-corrected chi connectivity index (χ2v) is 9.93. The fourth-order valence-corrected chi connectivity index (χ4v) is 4.57. The van der Waals surface area contributed by atoms with Crippen LogP contribution in [-0.4, -0.2) is 45.0 Å². The first-order valence-corrected chi connectivity index (χ1v) is 10.8. The predicted octanol–water partition coefficient (Wildman–Crippen LogP) is 4.39. The van der Waals surface area contributed by atoms with Gasteiger partial charge in [0, 0.05) is 42.0 Å². The smallest absolute Gasteiger partial charge is 0.151 e. The summed E-state index contributed by atoms with van der Waals surface area (Å²) in [5.41, 5.74) is 1.17. The van der Waals surface area contributed by atoms with Crippen molar-refractivity contribution in [3.63, 3.8) is 0 Å². The molecule has 1 aliphatic heterocycles. The number of hydrogen-bond acceptors (Lipinski definition) is 7. The third kappa shape index (κ3) is 4.44. The lowest BCUT2D eigenvalue weighted by Gasteiger charge is -2.26. The Hall–Kier alpha value is -2.58. The van der Waals surface area contributed by atoms with E-state index in [-0.39, 0.29) is 11.3 Å². The highest BCUT2D eigenvalue weighted by atomic mass is 32.1. The standard InChI is InChI=1S/C22H26FN5OS/c1-13-24-11-20(30-13)15-10-19(29)16(9-17(15)23)18-5-6-21(27-26-18)28-8-7-14(12-28)25-22(2,3)4/h5-6,9-11,14,25,29H,7-8,12H2,1-4H3/t14-/m0/s1. The number of aromatic nitrogens is 3. The molecule has 6 nitrogen and oxygen atoms in total. The van der Waals surface area contributed by atoms with Gasteiger partial charge in [-0.2, -0.15) is 0 Å². The predicted molar refractivity (Wildman–Crippen MR) is 118 cm³/mol. The zero-order valence-corrected chi connectivity index (χ0v) is 18.4. The molecule has 8 heteroatoms. The van der Waals surface area contributed by atoms with Gasteiger partial charge in [0.2, 0.25) is 0 Å². The first kappa shape index (κ1) is 20.7. The number of nitrogens with zero attached hydrogens (tertiary/aromatic N) is 4. The minimum atomic E-state index is -0.423. The van der Waals surface area contributed by atoms with Crippen LogP contribution in [0.2, 0.25) is 0 Å². The molecule has 0 amide bonds. The normalized spacial score (nSPS) is 17.0. The summed E-state index contributed by atoms with van der Waals surface area (Å²) in [6, 6.07) is 6.80. The van der Waals surface area contributed by atoms with Crippen LogP contribution in [0.4, 0.5) is 10.2 Å². The van der Waals surface area contributed by atoms with E-state index in [0.717, 1.165) is 30.3 Å². The summed E-state index contributed by atoms with van der Waals surface area (Å²) < 4.78 is 14.7. The molecule has 3 heterocycles. The molecule has 0 unspecified atom stereocenters. The maximum atomic E-state index is 14.7. The summed E-state index contributed by atoms with van der Waals surface area (Å²) in [4.78, 5) is 7.03. The van der Waals surface area contributed by atoms with Crippen LogP contribution in [0.1, 0.15) is 32.2 Å². The molecule has 0 radical (unpaired) electrons. The third-order valence-electron chi connectivity index (χ3n) is 5.05. The first-order valence-electron chi connectivity index (χ1n) is 10.0. The number of phenols is 1. The van der Waals surface area contributed by atoms with Crippen LogP contribution in [0, 0.1) is 12.7 Å². The van der Waals surface area contributed by atoms with Gasteiger partial charge in [-0.15, -0.1) is 21.5 Å². The molecule has 30 heavy (non-hydrogen) atoms. The zero-order valence-electron chi connectivity index (χ0n) is 17.6. The van der Waals surface area contributed by atoms with Crippen LogP contribution in [0.25, 0.3) is 21.7 Å². The van der Waals surface area contributed by atoms with Gasteiger partial charge < -0.3 is 15.3 Å². The quantitative estimate of drug-likeness (QED) is 0.643. The fourth-order valence-electron chi connectivity index (χ4n) is 3.78. The highest BCUT2D eigenvalue weighted by Gasteiger charge is 2.27. The Morgan fingerprint density at radius 2 is 2.00 bits per heavy atom. The Kier molecular flexibility index (Phi) is 5.46. The van der Waals surface area contributed by atoms with E-state index < -0.39 is 5.82 Å². The van der Waals surface area contributed by atoms with Crippen LogP contribution in [-0.2, 0) is 0 Å². The molecule has 158 valence electrons. The molecule has 4 rings (SSSR count). The summed E-state index contributed by atoms with van der Waals surface area (Å²) in [5, 5.41) is 23.5. The van der Waals surface area contributed by atoms with Crippen molar-refractivity contribution in [1.29, 1.82) is 0 Å². The molecule has 2 N–H and O–H groups in total. The molecule has 3 aromatic rings. The number of phenolic OH excluding ortho intramolecular Hbond substituents is 1. The van der Waals surface area contributed by atoms with E-state index in [4.69, 9.17) is 0 Å². The fraction of sp³-hybridized carbons (Fsp3) is 0.409. The molecule has 0 bridgehead atoms. The van der Waals surface area contributed by atoms with Gasteiger partial charge in [0.15, 0.2) is 5.82 Å². The largest absolute Gasteiger partial charge is 0.507 e. The van der Waals surface area contributed by atoms with Crippen LogP contribution in [0.3, 0.4) is 0 Å². The van der Waals surface area contributed by atoms with Crippen molar-refractivity contribution in [3.05, 3.63) is 41.3 Å². The Labute approximate surface area is 179 Å². The van der Waals surface area contributed by atoms with Gasteiger partial charge in [-0.05, 0) is 58.4 Å². The highest BCUT2D eigenvalue weighted by molar-refractivity contribution is 7.15. The third-order valence-corrected chi connectivity index (χ3v) is 5.99. The molecular formula is C22H26FN5OS. The van der Waals surface area contributed by atoms with Crippen molar-refractivity contribution in [2.75, 3.05) is 18.0 Å². The lowest BCUT2D eigenvalue weighted by molar-refractivity contribution is 0.373. The highest BCUT2D eigenvalue weighted by Crippen LogP contribution is 2.36. The van der Waals surface area contributed by atoms with Crippen LogP contribution in [0.5, 0.6) is 5.75 Å². The molecule has 1 aliphatic rings. The number of aromatic hydroxyl groups is 1. The van der Waals surface area contributed by atoms with Crippen LogP contribution < -0.4 is 10.2 Å². The van der Waals surface area contributed by atoms with Gasteiger partial charge in [0.05, 0.1) is 15.6 Å². The summed E-state index contributed by atoms with van der Waals surface area (Å²) >= 11 is 1.38. The number of nitrogens with one attached hydrogen (secondary N) is 1. The molecule has 1 saturated heterocycles. The Morgan fingerprint density at radius 1 is 1.20 bits per heavy atom. The molecule has 1 aromatic carbocycles. The van der Waals surface area contributed by atoms with Crippen molar-refractivity contribution in [3.8, 4) is 27.4 Å². The van der Waals surface area contributed by atoms with Gasteiger partial charge in [-0.1, -0.05) is 0 Å². The maximum Gasteiger partial charge on any atom is 0.151 e. The minimum Gasteiger partial charge on any atom is -0.507 e. The topological polar surface area (TPSA) is 74.2 Å². The van der Waals surface area contributed by atoms with Gasteiger partial charge in [0.1, 0.15) is 11.6 Å². The van der Waals surface area contributed by atoms with E-state index in [9.17, 15) is 9.50 Å². The van der Waals surface area contributed by atoms with Gasteiger partial charge >= 0.3 is 0 Å². The Bertz CT molecular complexity index is 1040. The monoisotopic (exact) mass is 427 g/mol. The van der Waals surface area contributed by atoms with Crippen molar-refractivity contribution in [1.82, 2.24) is 20.5 Å². The summed E-state index contributed by atoms with van der Waals surface area (Å²) in [5.74, 6) is 0.330. The van der Waals surface area contributed by atoms with E-state index in [2.05, 4.69) is 46.2 Å². The van der Waals surface area contributed by atoms with E-state index in [1.807, 2.05) is 13.0 Å². The van der Waals surface area contributed by atoms with Crippen molar-refractivity contribution in [2.45, 2.75) is 45.7 Å². The molecule has 2 aromatic heterocycles. The number of halogens is 1. The minimum absolute atomic E-state index is 0.0323. The lowest BCUT2D eigenvalue weighted by Crippen LogP contribution is -2.45. The summed E-state index contributed by atoms with van der Waals surface area (Å²) in [6.07, 6.45) is 2.66. The number of anilines is 1. The van der Waals surface area contributed by atoms with Gasteiger partial charge in [-0.25, -0.2) is 9.37 Å². The average Bonchev–Trinajstić information content (AvgIpc) is 3.31. The number of thiazole rings is 1. The summed E-state index contributed by atoms with van der Waals surface area (Å²) in [7, 11) is 0. The van der Waals surface area contributed by atoms with Crippen molar-refractivity contribution < 1.29 is 9.50 Å². The maximum absolute atomic E-state index is 14.7. The van der Waals surface area contributed by atoms with Crippen LogP contribution in [0.15, 0.2) is 30.5 Å². The van der Waals surface area contributed by atoms with Crippen molar-refractivity contribution >= 4 is 17.2 Å². The SMILES string of the molecule is Cc1ncc(-c2cc(O)c(-c3ccc(N4CC[C@H](NC(C)(C)C)C4)nn3)cc2F)s1. The number of aryl methyl sites for hydroxylation is 1. The van der Waals surface area contributed by atoms with Crippen molar-refractivity contribution in [2.24, 2.45) is 0 Å². The molecule has 0 saturated carbocycles. The second kappa shape index (κ2) is 7.92. The first-order chi connectivity index (χ1) is 14.2. The molecule has 0 aliphatic carbocycles. The summed E-state index contributed by atoms with van der Waals surface area (Å²) in [6.45, 7) is 10.1. The molecule has 0 spiro atoms. The van der Waals surface area contributed by atoms with Gasteiger partial charge in [-0.3, -0.25) is 0 Å². The molecule has 1 atom stereocenters. The van der Waals surface area contributed by atoms with E-state index >= 15 is 0 Å². The number of hydrogen-bond donors (Lipinski definition) is 2. The van der Waals surface area contributed by atoms with Crippen LogP contribution >= 0.6 is 11.3 Å².